The molecule has 5 heteroatoms. The van der Waals surface area contributed by atoms with Gasteiger partial charge in [-0.1, -0.05) is 42.5 Å². The van der Waals surface area contributed by atoms with Crippen LogP contribution >= 0.6 is 0 Å². The normalized spacial score (nSPS) is 17.4. The third-order valence-electron chi connectivity index (χ3n) is 4.41. The van der Waals surface area contributed by atoms with Crippen molar-refractivity contribution in [2.24, 2.45) is 0 Å². The van der Waals surface area contributed by atoms with E-state index in [1.165, 1.54) is 0 Å². The predicted octanol–water partition coefficient (Wildman–Crippen LogP) is 2.07. The Balaban J connectivity index is 1.74. The topological polar surface area (TPSA) is 58.6 Å². The first-order valence-electron chi connectivity index (χ1n) is 8.32. The lowest BCUT2D eigenvalue weighted by Crippen LogP contribution is -2.58. The second kappa shape index (κ2) is 7.38. The number of hydrogen-bond acceptors (Lipinski definition) is 3. The van der Waals surface area contributed by atoms with Crippen LogP contribution in [0.3, 0.4) is 0 Å². The van der Waals surface area contributed by atoms with Gasteiger partial charge in [-0.15, -0.1) is 0 Å². The number of carbonyl (C=O) groups excluding carboxylic acids is 2. The average molecular weight is 338 g/mol. The lowest BCUT2D eigenvalue weighted by Gasteiger charge is -2.32. The first-order chi connectivity index (χ1) is 12.1. The molecule has 1 atom stereocenters. The van der Waals surface area contributed by atoms with Crippen molar-refractivity contribution in [2.75, 3.05) is 13.7 Å². The Morgan fingerprint density at radius 2 is 1.88 bits per heavy atom. The molecule has 1 N–H and O–H groups in total. The molecule has 3 rings (SSSR count). The van der Waals surface area contributed by atoms with Crippen molar-refractivity contribution < 1.29 is 14.3 Å². The fraction of sp³-hybridized carbons (Fsp3) is 0.300. The van der Waals surface area contributed by atoms with Crippen LogP contribution in [0.15, 0.2) is 48.5 Å². The van der Waals surface area contributed by atoms with Crippen LogP contribution in [0.1, 0.15) is 16.7 Å². The number of benzene rings is 2. The summed E-state index contributed by atoms with van der Waals surface area (Å²) < 4.78 is 5.34. The van der Waals surface area contributed by atoms with Crippen LogP contribution in [-0.4, -0.2) is 36.4 Å². The van der Waals surface area contributed by atoms with E-state index in [4.69, 9.17) is 4.74 Å². The van der Waals surface area contributed by atoms with Crippen LogP contribution in [0.25, 0.3) is 0 Å². The standard InChI is InChI=1S/C20H22N2O3/c1-14-8-9-16(11-18(14)25-2)10-17-20(24)22(13-19(23)21-17)12-15-6-4-3-5-7-15/h3-9,11,17H,10,12-13H2,1-2H3,(H,21,23)/t17-/m1/s1. The number of amides is 2. The van der Waals surface area contributed by atoms with Crippen molar-refractivity contribution in [1.29, 1.82) is 0 Å². The summed E-state index contributed by atoms with van der Waals surface area (Å²) in [6, 6.07) is 15.0. The fourth-order valence-electron chi connectivity index (χ4n) is 3.08. The minimum Gasteiger partial charge on any atom is -0.496 e. The molecule has 1 saturated heterocycles. The molecule has 0 saturated carbocycles. The van der Waals surface area contributed by atoms with Crippen LogP contribution < -0.4 is 10.1 Å². The Morgan fingerprint density at radius 1 is 1.12 bits per heavy atom. The van der Waals surface area contributed by atoms with Gasteiger partial charge in [-0.25, -0.2) is 0 Å². The maximum Gasteiger partial charge on any atom is 0.246 e. The van der Waals surface area contributed by atoms with Gasteiger partial charge in [-0.05, 0) is 29.7 Å². The van der Waals surface area contributed by atoms with Gasteiger partial charge in [-0.3, -0.25) is 9.59 Å². The van der Waals surface area contributed by atoms with E-state index in [1.807, 2.05) is 55.5 Å². The summed E-state index contributed by atoms with van der Waals surface area (Å²) >= 11 is 0. The Hall–Kier alpha value is -2.82. The molecule has 2 aromatic carbocycles. The van der Waals surface area contributed by atoms with E-state index in [9.17, 15) is 9.59 Å². The predicted molar refractivity (Wildman–Crippen MR) is 95.2 cm³/mol. The van der Waals surface area contributed by atoms with E-state index in [1.54, 1.807) is 12.0 Å². The van der Waals surface area contributed by atoms with E-state index in [2.05, 4.69) is 5.32 Å². The van der Waals surface area contributed by atoms with Gasteiger partial charge in [0, 0.05) is 13.0 Å². The van der Waals surface area contributed by atoms with Gasteiger partial charge in [0.1, 0.15) is 11.8 Å². The molecule has 0 aliphatic carbocycles. The summed E-state index contributed by atoms with van der Waals surface area (Å²) in [5.74, 6) is 0.607. The maximum atomic E-state index is 12.8. The van der Waals surface area contributed by atoms with Crippen molar-refractivity contribution >= 4 is 11.8 Å². The van der Waals surface area contributed by atoms with Crippen LogP contribution in [-0.2, 0) is 22.6 Å². The van der Waals surface area contributed by atoms with Crippen molar-refractivity contribution in [2.45, 2.75) is 25.9 Å². The number of methoxy groups -OCH3 is 1. The highest BCUT2D eigenvalue weighted by Gasteiger charge is 2.32. The molecule has 2 aromatic rings. The summed E-state index contributed by atoms with van der Waals surface area (Å²) in [6.45, 7) is 2.51. The lowest BCUT2D eigenvalue weighted by atomic mass is 10.0. The van der Waals surface area contributed by atoms with Gasteiger partial charge >= 0.3 is 0 Å². The molecule has 0 radical (unpaired) electrons. The van der Waals surface area contributed by atoms with Crippen molar-refractivity contribution in [1.82, 2.24) is 10.2 Å². The molecule has 5 nitrogen and oxygen atoms in total. The van der Waals surface area contributed by atoms with Crippen molar-refractivity contribution in [3.63, 3.8) is 0 Å². The SMILES string of the molecule is COc1cc(C[C@H]2NC(=O)CN(Cc3ccccc3)C2=O)ccc1C. The molecule has 1 aliphatic rings. The third-order valence-corrected chi connectivity index (χ3v) is 4.41. The van der Waals surface area contributed by atoms with E-state index < -0.39 is 6.04 Å². The Kier molecular flexibility index (Phi) is 5.03. The molecule has 1 aliphatic heterocycles. The van der Waals surface area contributed by atoms with Gasteiger partial charge in [0.25, 0.3) is 0 Å². The molecule has 1 fully saturated rings. The summed E-state index contributed by atoms with van der Waals surface area (Å²) in [5.41, 5.74) is 3.01. The summed E-state index contributed by atoms with van der Waals surface area (Å²) in [7, 11) is 1.63. The van der Waals surface area contributed by atoms with E-state index in [0.29, 0.717) is 13.0 Å². The quantitative estimate of drug-likeness (QED) is 0.908. The second-order valence-electron chi connectivity index (χ2n) is 6.31. The van der Waals surface area contributed by atoms with E-state index in [-0.39, 0.29) is 18.4 Å². The Morgan fingerprint density at radius 3 is 2.60 bits per heavy atom. The first kappa shape index (κ1) is 17.0. The molecule has 130 valence electrons. The maximum absolute atomic E-state index is 12.8. The van der Waals surface area contributed by atoms with Gasteiger partial charge in [-0.2, -0.15) is 0 Å². The highest BCUT2D eigenvalue weighted by atomic mass is 16.5. The number of hydrogen-bond donors (Lipinski definition) is 1. The number of nitrogens with zero attached hydrogens (tertiary/aromatic N) is 1. The lowest BCUT2D eigenvalue weighted by molar-refractivity contribution is -0.144. The molecule has 1 heterocycles. The fourth-order valence-corrected chi connectivity index (χ4v) is 3.08. The average Bonchev–Trinajstić information content (AvgIpc) is 2.61. The molecule has 0 bridgehead atoms. The minimum absolute atomic E-state index is 0.0528. The summed E-state index contributed by atoms with van der Waals surface area (Å²) in [4.78, 5) is 26.5. The van der Waals surface area contributed by atoms with Gasteiger partial charge in [0.2, 0.25) is 11.8 Å². The first-order valence-corrected chi connectivity index (χ1v) is 8.32. The number of rotatable bonds is 5. The number of nitrogens with one attached hydrogen (secondary N) is 1. The van der Waals surface area contributed by atoms with Crippen LogP contribution in [0.2, 0.25) is 0 Å². The monoisotopic (exact) mass is 338 g/mol. The Bertz CT molecular complexity index is 774. The van der Waals surface area contributed by atoms with Gasteiger partial charge < -0.3 is 15.0 Å². The number of carbonyl (C=O) groups is 2. The summed E-state index contributed by atoms with van der Waals surface area (Å²) in [5, 5.41) is 2.81. The van der Waals surface area contributed by atoms with Gasteiger partial charge in [0.15, 0.2) is 0 Å². The number of ether oxygens (including phenoxy) is 1. The van der Waals surface area contributed by atoms with Gasteiger partial charge in [0.05, 0.1) is 13.7 Å². The zero-order chi connectivity index (χ0) is 17.8. The number of aryl methyl sites for hydroxylation is 1. The number of piperazine rings is 1. The second-order valence-corrected chi connectivity index (χ2v) is 6.31. The molecule has 0 unspecified atom stereocenters. The largest absolute Gasteiger partial charge is 0.496 e. The van der Waals surface area contributed by atoms with Crippen LogP contribution in [0.5, 0.6) is 5.75 Å². The molecule has 2 amide bonds. The minimum atomic E-state index is -0.544. The molecule has 25 heavy (non-hydrogen) atoms. The molecule has 0 spiro atoms. The van der Waals surface area contributed by atoms with Crippen LogP contribution in [0, 0.1) is 6.92 Å². The molecular formula is C20H22N2O3. The smallest absolute Gasteiger partial charge is 0.246 e. The highest BCUT2D eigenvalue weighted by Crippen LogP contribution is 2.21. The molecular weight excluding hydrogens is 316 g/mol. The third kappa shape index (κ3) is 3.99. The van der Waals surface area contributed by atoms with Crippen molar-refractivity contribution in [3.05, 3.63) is 65.2 Å². The van der Waals surface area contributed by atoms with Crippen molar-refractivity contribution in [3.8, 4) is 5.75 Å². The van der Waals surface area contributed by atoms with Crippen LogP contribution in [0.4, 0.5) is 0 Å². The van der Waals surface area contributed by atoms with E-state index >= 15 is 0 Å². The zero-order valence-corrected chi connectivity index (χ0v) is 14.5. The summed E-state index contributed by atoms with van der Waals surface area (Å²) in [6.07, 6.45) is 0.451. The molecule has 0 aromatic heterocycles. The highest BCUT2D eigenvalue weighted by molar-refractivity contribution is 5.95. The van der Waals surface area contributed by atoms with E-state index in [0.717, 1.165) is 22.4 Å². The Labute approximate surface area is 147 Å². The zero-order valence-electron chi connectivity index (χ0n) is 14.5.